The Balaban J connectivity index is 0.000000353. The summed E-state index contributed by atoms with van der Waals surface area (Å²) in [5, 5.41) is 114. The number of nitrogens with two attached hydrogens (primary N) is 2. The fourth-order valence-electron chi connectivity index (χ4n) is 8.77. The number of nitrogens with zero attached hydrogens (tertiary/aromatic N) is 8. The predicted octanol–water partition coefficient (Wildman–Crippen LogP) is 12.0. The topological polar surface area (TPSA) is 778 Å². The van der Waals surface area contributed by atoms with Crippen LogP contribution < -0.4 is 11.5 Å². The molecule has 0 spiro atoms. The van der Waals surface area contributed by atoms with Gasteiger partial charge in [0.15, 0.2) is 63.2 Å². The number of phenolic OH excluding ortho intramolecular Hbond substituents is 2. The number of hydrogen-bond donors (Lipinski definition) is 13. The number of azo groups is 4. The normalized spacial score (nSPS) is 12.8. The summed E-state index contributed by atoms with van der Waals surface area (Å²) in [4.78, 5) is -8.44. The second-order valence-corrected chi connectivity index (χ2v) is 37.1. The third-order valence-corrected chi connectivity index (χ3v) is 25.7. The smallest absolute Gasteiger partial charge is 0.296 e. The maximum absolute atomic E-state index is 12.6. The molecule has 49 nitrogen and oxygen atoms in total. The minimum Gasteiger partial charge on any atom is -0.870 e. The standard InChI is InChI=1S/C26H23N5O21S7.C26H21N5O17S6.H2O/c1-2-56(36,37)16-11-18(54-51-48-34)23(20(12-16)59(43,44)45)29-31-25-19(58(40,41)42)10-13-9-17(53-50-47-33)24(22(27)21(13)26(25)32)30-28-14-3-5-15(6-4-14)57(38,39)8-7-46-55-52-49-35;1-3-51(35,36)15-7-5-14(6-8-15)28-30-24-17(49-47-45-33)9-13-10-19(53(39,40)41)25(26(32)21(13)22(24)27)31-29-23-18(50-48-46-34)11-16(52(37,38)4-2)12-20(23)54(42,43)44;/h2-6,9-12,32-35H,1,7-8,27H2,(H,40,41,42)(H,43,44,45);3-12,32-34H,1-2,27H2,(H,39,40,41)(H,42,43,44);1H2/p-1. The van der Waals surface area contributed by atoms with E-state index in [0.717, 1.165) is 23.6 Å². The van der Waals surface area contributed by atoms with Gasteiger partial charge in [0, 0.05) is 16.2 Å². The average molecular weight is 1850 g/mol. The zero-order chi connectivity index (χ0) is 84.0. The van der Waals surface area contributed by atoms with Gasteiger partial charge in [-0.05, 0) is 108 Å². The number of nitrogen functional groups attached to an aromatic ring is 2. The van der Waals surface area contributed by atoms with Gasteiger partial charge in [0.1, 0.15) is 53.7 Å². The minimum absolute atomic E-state index is 0. The number of rotatable bonds is 37. The molecule has 0 aliphatic rings. The first-order valence-corrected chi connectivity index (χ1v) is 43.7. The Hall–Kier alpha value is -8.39. The molecule has 0 heterocycles. The Morgan fingerprint density at radius 1 is 0.368 bits per heavy atom. The van der Waals surface area contributed by atoms with Crippen LogP contribution in [0.2, 0.25) is 0 Å². The molecule has 0 fully saturated rings. The van der Waals surface area contributed by atoms with Gasteiger partial charge in [-0.3, -0.25) is 22.4 Å². The van der Waals surface area contributed by atoms with E-state index in [4.69, 9.17) is 41.9 Å². The van der Waals surface area contributed by atoms with Gasteiger partial charge < -0.3 is 27.2 Å². The van der Waals surface area contributed by atoms with Crippen molar-refractivity contribution in [1.29, 1.82) is 0 Å². The van der Waals surface area contributed by atoms with Crippen molar-refractivity contribution >= 4 is 219 Å². The van der Waals surface area contributed by atoms with E-state index in [2.05, 4.69) is 108 Å². The fourth-order valence-corrected chi connectivity index (χ4v) is 17.5. The lowest BCUT2D eigenvalue weighted by Crippen LogP contribution is -2.10. The van der Waals surface area contributed by atoms with E-state index >= 15 is 0 Å². The molecule has 0 saturated carbocycles. The molecule has 16 N–H and O–H groups in total. The van der Waals surface area contributed by atoms with E-state index in [9.17, 15) is 95.8 Å². The lowest BCUT2D eigenvalue weighted by molar-refractivity contribution is -0.434. The summed E-state index contributed by atoms with van der Waals surface area (Å²) < 4.78 is 265. The molecule has 0 amide bonds. The van der Waals surface area contributed by atoms with Gasteiger partial charge in [-0.25, -0.2) is 60.0 Å². The average Bonchev–Trinajstić information content (AvgIpc) is 0.741. The Bertz CT molecular complexity index is 6150. The number of fused-ring (bicyclic) bond motifs is 2. The molecular formula is C52H45N10O39S13-. The first-order valence-electron chi connectivity index (χ1n) is 28.0. The van der Waals surface area contributed by atoms with Crippen LogP contribution in [0.1, 0.15) is 0 Å². The van der Waals surface area contributed by atoms with Crippen LogP contribution in [0.25, 0.3) is 21.5 Å². The summed E-state index contributed by atoms with van der Waals surface area (Å²) in [6, 6.07) is 15.5. The molecule has 62 heteroatoms. The van der Waals surface area contributed by atoms with Gasteiger partial charge in [0.25, 0.3) is 40.5 Å². The van der Waals surface area contributed by atoms with Gasteiger partial charge in [0.2, 0.25) is 0 Å². The second-order valence-electron chi connectivity index (χ2n) is 20.2. The van der Waals surface area contributed by atoms with E-state index in [1.807, 2.05) is 0 Å². The van der Waals surface area contributed by atoms with E-state index in [1.54, 1.807) is 0 Å². The van der Waals surface area contributed by atoms with Crippen molar-refractivity contribution in [1.82, 2.24) is 0 Å². The summed E-state index contributed by atoms with van der Waals surface area (Å²) in [7, 11) is -38.1. The number of sulfone groups is 4. The van der Waals surface area contributed by atoms with Crippen LogP contribution in [-0.2, 0) is 131 Å². The second kappa shape index (κ2) is 39.5. The third-order valence-electron chi connectivity index (χ3n) is 13.6. The quantitative estimate of drug-likeness (QED) is 0.00327. The molecule has 114 heavy (non-hydrogen) atoms. The lowest BCUT2D eigenvalue weighted by Gasteiger charge is -2.14. The zero-order valence-corrected chi connectivity index (χ0v) is 65.5. The van der Waals surface area contributed by atoms with Gasteiger partial charge in [0.05, 0.1) is 133 Å². The molecule has 0 aliphatic heterocycles. The Kier molecular flexibility index (Phi) is 32.7. The molecule has 616 valence electrons. The maximum atomic E-state index is 12.6. The summed E-state index contributed by atoms with van der Waals surface area (Å²) in [6.45, 7) is 9.09. The van der Waals surface area contributed by atoms with E-state index < -0.39 is 181 Å². The number of benzene rings is 8. The van der Waals surface area contributed by atoms with Crippen LogP contribution in [0.3, 0.4) is 0 Å². The monoisotopic (exact) mass is 1850 g/mol. The van der Waals surface area contributed by atoms with Crippen LogP contribution in [0, 0.1) is 0 Å². The molecule has 8 aromatic rings. The number of aromatic hydroxyl groups is 2. The summed E-state index contributed by atoms with van der Waals surface area (Å²) in [5.41, 5.74) is 6.86. The highest BCUT2D eigenvalue weighted by Gasteiger charge is 2.32. The van der Waals surface area contributed by atoms with Gasteiger partial charge in [-0.1, -0.05) is 44.9 Å². The van der Waals surface area contributed by atoms with Crippen LogP contribution in [0.15, 0.2) is 233 Å². The van der Waals surface area contributed by atoms with Gasteiger partial charge >= 0.3 is 0 Å². The molecule has 0 aliphatic carbocycles. The molecular weight excluding hydrogens is 1810 g/mol. The largest absolute Gasteiger partial charge is 0.870 e. The van der Waals surface area contributed by atoms with Crippen molar-refractivity contribution in [2.75, 3.05) is 23.8 Å². The molecule has 0 saturated heterocycles. The van der Waals surface area contributed by atoms with Crippen LogP contribution >= 0.6 is 60.5 Å². The lowest BCUT2D eigenvalue weighted by atomic mass is 10.1. The number of hydrogen-bond acceptors (Lipinski definition) is 50. The van der Waals surface area contributed by atoms with E-state index in [1.165, 1.54) is 48.5 Å². The molecule has 0 radical (unpaired) electrons. The Morgan fingerprint density at radius 2 is 0.658 bits per heavy atom. The van der Waals surface area contributed by atoms with Crippen molar-refractivity contribution in [2.45, 2.75) is 58.7 Å². The molecule has 0 bridgehead atoms. The van der Waals surface area contributed by atoms with Crippen molar-refractivity contribution in [2.24, 2.45) is 40.9 Å². The van der Waals surface area contributed by atoms with Crippen molar-refractivity contribution in [3.63, 3.8) is 0 Å². The van der Waals surface area contributed by atoms with Gasteiger partial charge in [-0.15, -0.1) is 52.4 Å². The molecule has 8 rings (SSSR count). The summed E-state index contributed by atoms with van der Waals surface area (Å²) >= 11 is 0.550. The SMILES string of the molecule is C=CS(=O)(=O)c1cc(SOOO)c(N=Nc2c(S(=O)(=O)O)cc3cc(SOOO)c(N=Nc4ccc(S(=O)(=O)CCOSOOO)cc4)c(N)c3c2O)c(S(=O)(=O)O)c1.C=CS(=O)(=O)c1ccc(N=Nc2c(SOOO)cc3cc(S(=O)(=O)O)c(N=Nc4c(SOOO)cc(S(=O)(=O)C=C)cc4S(=O)(=O)O)c(O)c3c2N)cc1.[OH-]. The highest BCUT2D eigenvalue weighted by atomic mass is 32.2. The summed E-state index contributed by atoms with van der Waals surface area (Å²) in [6.07, 6.45) is 0. The molecule has 0 unspecified atom stereocenters. The number of anilines is 2. The Labute approximate surface area is 660 Å². The molecule has 0 atom stereocenters. The summed E-state index contributed by atoms with van der Waals surface area (Å²) in [5.74, 6) is -2.82. The number of phenols is 2. The predicted molar refractivity (Wildman–Crippen MR) is 389 cm³/mol. The Morgan fingerprint density at radius 3 is 0.974 bits per heavy atom. The van der Waals surface area contributed by atoms with Crippen LogP contribution in [0.4, 0.5) is 56.9 Å². The van der Waals surface area contributed by atoms with Crippen molar-refractivity contribution in [3.8, 4) is 11.5 Å². The van der Waals surface area contributed by atoms with Gasteiger partial charge in [-0.2, -0.15) is 43.9 Å². The van der Waals surface area contributed by atoms with E-state index in [0.29, 0.717) is 41.1 Å². The molecule has 8 aromatic carbocycles. The van der Waals surface area contributed by atoms with E-state index in [-0.39, 0.29) is 126 Å². The fraction of sp³-hybridized carbons (Fsp3) is 0.0385. The van der Waals surface area contributed by atoms with Crippen molar-refractivity contribution < 1.29 is 179 Å². The first kappa shape index (κ1) is 94.5. The van der Waals surface area contributed by atoms with Crippen molar-refractivity contribution in [3.05, 3.63) is 133 Å². The minimum atomic E-state index is -5.42. The first-order chi connectivity index (χ1) is 52.9. The molecule has 0 aromatic heterocycles. The highest BCUT2D eigenvalue weighted by Crippen LogP contribution is 2.53. The zero-order valence-electron chi connectivity index (χ0n) is 54.9. The van der Waals surface area contributed by atoms with Crippen LogP contribution in [0.5, 0.6) is 11.5 Å². The van der Waals surface area contributed by atoms with Crippen LogP contribution in [-0.4, -0.2) is 140 Å². The highest BCUT2D eigenvalue weighted by molar-refractivity contribution is 7.96. The maximum Gasteiger partial charge on any atom is 0.296 e. The third kappa shape index (κ3) is 23.3.